The number of nitrogens with two attached hydrogens (primary N) is 1. The molecule has 3 aromatic rings. The minimum atomic E-state index is -0.401. The van der Waals surface area contributed by atoms with E-state index in [4.69, 9.17) is 10.5 Å². The van der Waals surface area contributed by atoms with E-state index in [0.29, 0.717) is 23.7 Å². The lowest BCUT2D eigenvalue weighted by Crippen LogP contribution is -2.05. The molecule has 0 bridgehead atoms. The van der Waals surface area contributed by atoms with Gasteiger partial charge in [-0.25, -0.2) is 9.78 Å². The zero-order chi connectivity index (χ0) is 16.2. The molecule has 0 aliphatic rings. The van der Waals surface area contributed by atoms with Crippen molar-refractivity contribution < 1.29 is 9.53 Å². The van der Waals surface area contributed by atoms with Gasteiger partial charge in [0.1, 0.15) is 9.71 Å². The number of carbonyl (C=O) groups is 1. The van der Waals surface area contributed by atoms with Crippen molar-refractivity contribution in [3.05, 3.63) is 53.0 Å². The van der Waals surface area contributed by atoms with E-state index in [1.165, 1.54) is 11.3 Å². The fourth-order valence-corrected chi connectivity index (χ4v) is 3.32. The molecule has 3 rings (SSSR count). The number of thiophene rings is 1. The van der Waals surface area contributed by atoms with Crippen LogP contribution in [0.25, 0.3) is 10.2 Å². The highest BCUT2D eigenvalue weighted by atomic mass is 32.1. The van der Waals surface area contributed by atoms with Crippen LogP contribution < -0.4 is 11.1 Å². The van der Waals surface area contributed by atoms with Crippen molar-refractivity contribution in [3.63, 3.8) is 0 Å². The average molecular weight is 327 g/mol. The van der Waals surface area contributed by atoms with Crippen LogP contribution in [0.4, 0.5) is 11.4 Å². The van der Waals surface area contributed by atoms with Crippen LogP contribution >= 0.6 is 11.3 Å². The van der Waals surface area contributed by atoms with Crippen molar-refractivity contribution in [1.82, 2.24) is 4.98 Å². The van der Waals surface area contributed by atoms with Crippen LogP contribution in [0.3, 0.4) is 0 Å². The Morgan fingerprint density at radius 1 is 1.30 bits per heavy atom. The van der Waals surface area contributed by atoms with Crippen LogP contribution in [-0.2, 0) is 11.3 Å². The Hall–Kier alpha value is -2.60. The Labute approximate surface area is 138 Å². The van der Waals surface area contributed by atoms with Gasteiger partial charge in [0.25, 0.3) is 0 Å². The summed E-state index contributed by atoms with van der Waals surface area (Å²) in [5.41, 5.74) is 8.62. The molecule has 23 heavy (non-hydrogen) atoms. The number of esters is 1. The van der Waals surface area contributed by atoms with Crippen molar-refractivity contribution >= 4 is 38.9 Å². The average Bonchev–Trinajstić information content (AvgIpc) is 2.92. The van der Waals surface area contributed by atoms with Crippen LogP contribution in [0.1, 0.15) is 22.2 Å². The summed E-state index contributed by atoms with van der Waals surface area (Å²) >= 11 is 1.26. The quantitative estimate of drug-likeness (QED) is 0.699. The predicted molar refractivity (Wildman–Crippen MR) is 93.8 cm³/mol. The number of nitrogen functional groups attached to an aromatic ring is 1. The predicted octanol–water partition coefficient (Wildman–Crippen LogP) is 3.67. The Morgan fingerprint density at radius 2 is 2.09 bits per heavy atom. The first-order valence-corrected chi connectivity index (χ1v) is 8.14. The van der Waals surface area contributed by atoms with E-state index in [0.717, 1.165) is 21.5 Å². The third-order valence-electron chi connectivity index (χ3n) is 3.42. The van der Waals surface area contributed by atoms with Crippen LogP contribution in [0.2, 0.25) is 0 Å². The zero-order valence-electron chi connectivity index (χ0n) is 12.7. The molecule has 118 valence electrons. The maximum absolute atomic E-state index is 12.0. The number of anilines is 2. The van der Waals surface area contributed by atoms with Crippen molar-refractivity contribution in [1.29, 1.82) is 0 Å². The molecule has 0 aliphatic carbocycles. The van der Waals surface area contributed by atoms with E-state index in [2.05, 4.69) is 10.3 Å². The number of fused-ring (bicyclic) bond motifs is 1. The summed E-state index contributed by atoms with van der Waals surface area (Å²) < 4.78 is 5.05. The number of nitrogens with zero attached hydrogens (tertiary/aromatic N) is 1. The van der Waals surface area contributed by atoms with Crippen molar-refractivity contribution in [2.45, 2.75) is 13.5 Å². The number of rotatable bonds is 5. The van der Waals surface area contributed by atoms with Gasteiger partial charge < -0.3 is 15.8 Å². The highest BCUT2D eigenvalue weighted by Crippen LogP contribution is 2.37. The first kappa shape index (κ1) is 15.3. The molecule has 1 aromatic carbocycles. The lowest BCUT2D eigenvalue weighted by Gasteiger charge is -2.08. The van der Waals surface area contributed by atoms with Crippen LogP contribution in [0.15, 0.2) is 42.6 Å². The summed E-state index contributed by atoms with van der Waals surface area (Å²) in [5.74, 6) is -0.401. The van der Waals surface area contributed by atoms with E-state index >= 15 is 0 Å². The monoisotopic (exact) mass is 327 g/mol. The fraction of sp³-hybridized carbons (Fsp3) is 0.176. The number of nitrogens with one attached hydrogen (secondary N) is 1. The molecule has 2 heterocycles. The van der Waals surface area contributed by atoms with Crippen molar-refractivity contribution in [2.24, 2.45) is 0 Å². The van der Waals surface area contributed by atoms with Gasteiger partial charge in [0.2, 0.25) is 0 Å². The van der Waals surface area contributed by atoms with Crippen LogP contribution in [0.5, 0.6) is 0 Å². The molecule has 0 saturated carbocycles. The molecule has 5 nitrogen and oxygen atoms in total. The van der Waals surface area contributed by atoms with Gasteiger partial charge in [-0.3, -0.25) is 0 Å². The Kier molecular flexibility index (Phi) is 4.43. The molecule has 6 heteroatoms. The summed E-state index contributed by atoms with van der Waals surface area (Å²) in [6, 6.07) is 11.9. The molecule has 0 saturated heterocycles. The van der Waals surface area contributed by atoms with Gasteiger partial charge >= 0.3 is 5.97 Å². The second-order valence-electron chi connectivity index (χ2n) is 4.94. The summed E-state index contributed by atoms with van der Waals surface area (Å²) in [7, 11) is 0. The van der Waals surface area contributed by atoms with E-state index in [9.17, 15) is 4.79 Å². The Balaban J connectivity index is 1.93. The minimum absolute atomic E-state index is 0.319. The molecule has 0 amide bonds. The molecular weight excluding hydrogens is 310 g/mol. The molecule has 2 aromatic heterocycles. The topological polar surface area (TPSA) is 77.2 Å². The second-order valence-corrected chi connectivity index (χ2v) is 5.94. The lowest BCUT2D eigenvalue weighted by molar-refractivity contribution is 0.0533. The Bertz CT molecular complexity index is 830. The minimum Gasteiger partial charge on any atom is -0.462 e. The number of ether oxygens (including phenoxy) is 1. The highest BCUT2D eigenvalue weighted by Gasteiger charge is 2.20. The standard InChI is InChI=1S/C17H17N3O2S/c1-2-22-17(21)15-14(18)13-12(8-9-19-16(13)23-15)20-10-11-6-4-3-5-7-11/h3-9H,2,10,18H2,1H3,(H,19,20). The third-order valence-corrected chi connectivity index (χ3v) is 4.51. The van der Waals surface area contributed by atoms with Gasteiger partial charge in [-0.05, 0) is 18.6 Å². The maximum atomic E-state index is 12.0. The third kappa shape index (κ3) is 3.12. The smallest absolute Gasteiger partial charge is 0.350 e. The first-order valence-electron chi connectivity index (χ1n) is 7.32. The Morgan fingerprint density at radius 3 is 2.83 bits per heavy atom. The van der Waals surface area contributed by atoms with E-state index in [1.807, 2.05) is 36.4 Å². The van der Waals surface area contributed by atoms with Crippen molar-refractivity contribution in [3.8, 4) is 0 Å². The second kappa shape index (κ2) is 6.66. The van der Waals surface area contributed by atoms with Gasteiger partial charge in [0.05, 0.1) is 17.7 Å². The van der Waals surface area contributed by atoms with E-state index in [1.54, 1.807) is 13.1 Å². The van der Waals surface area contributed by atoms with Gasteiger partial charge in [0, 0.05) is 18.4 Å². The molecule has 3 N–H and O–H groups in total. The van der Waals surface area contributed by atoms with E-state index in [-0.39, 0.29) is 0 Å². The van der Waals surface area contributed by atoms with Crippen LogP contribution in [0, 0.1) is 0 Å². The largest absolute Gasteiger partial charge is 0.462 e. The molecular formula is C17H17N3O2S. The number of benzene rings is 1. The molecule has 0 aliphatic heterocycles. The van der Waals surface area contributed by atoms with Crippen LogP contribution in [-0.4, -0.2) is 17.6 Å². The van der Waals surface area contributed by atoms with Gasteiger partial charge in [-0.2, -0.15) is 0 Å². The number of pyridine rings is 1. The summed E-state index contributed by atoms with van der Waals surface area (Å²) in [6.45, 7) is 2.76. The zero-order valence-corrected chi connectivity index (χ0v) is 13.5. The molecule has 0 atom stereocenters. The summed E-state index contributed by atoms with van der Waals surface area (Å²) in [4.78, 5) is 17.4. The lowest BCUT2D eigenvalue weighted by atomic mass is 10.2. The number of hydrogen-bond acceptors (Lipinski definition) is 6. The normalized spacial score (nSPS) is 10.7. The molecule has 0 fully saturated rings. The number of aromatic nitrogens is 1. The van der Waals surface area contributed by atoms with E-state index < -0.39 is 5.97 Å². The summed E-state index contributed by atoms with van der Waals surface area (Å²) in [5, 5.41) is 4.14. The SMILES string of the molecule is CCOC(=O)c1sc2nccc(NCc3ccccc3)c2c1N. The van der Waals surface area contributed by atoms with Gasteiger partial charge in [-0.1, -0.05) is 30.3 Å². The number of carbonyl (C=O) groups excluding carboxylic acids is 1. The molecule has 0 unspecified atom stereocenters. The highest BCUT2D eigenvalue weighted by molar-refractivity contribution is 7.21. The van der Waals surface area contributed by atoms with Gasteiger partial charge in [0.15, 0.2) is 0 Å². The number of hydrogen-bond donors (Lipinski definition) is 2. The van der Waals surface area contributed by atoms with Gasteiger partial charge in [-0.15, -0.1) is 11.3 Å². The van der Waals surface area contributed by atoms with Crippen molar-refractivity contribution in [2.75, 3.05) is 17.7 Å². The summed E-state index contributed by atoms with van der Waals surface area (Å²) in [6.07, 6.45) is 1.71. The molecule has 0 spiro atoms. The molecule has 0 radical (unpaired) electrons. The first-order chi connectivity index (χ1) is 11.2. The maximum Gasteiger partial charge on any atom is 0.350 e. The fourth-order valence-electron chi connectivity index (χ4n) is 2.33.